The smallest absolute Gasteiger partial charge is 0.410 e. The summed E-state index contributed by atoms with van der Waals surface area (Å²) in [6.45, 7) is 4.71. The lowest BCUT2D eigenvalue weighted by Gasteiger charge is -2.46. The molecule has 6 nitrogen and oxygen atoms in total. The average Bonchev–Trinajstić information content (AvgIpc) is 3.33. The number of ether oxygens (including phenoxy) is 1. The molecule has 2 bridgehead atoms. The number of likely N-dealkylation sites (N-methyl/N-ethyl adjacent to an activating group) is 1. The molecule has 2 aromatic rings. The maximum absolute atomic E-state index is 13.3. The minimum absolute atomic E-state index is 0.0378. The Bertz CT molecular complexity index is 977. The van der Waals surface area contributed by atoms with Crippen molar-refractivity contribution in [2.75, 3.05) is 32.8 Å². The third-order valence-corrected chi connectivity index (χ3v) is 7.48. The van der Waals surface area contributed by atoms with Crippen LogP contribution in [0.25, 0.3) is 11.1 Å². The molecule has 2 heterocycles. The van der Waals surface area contributed by atoms with E-state index in [1.54, 1.807) is 0 Å². The van der Waals surface area contributed by atoms with E-state index in [9.17, 15) is 14.7 Å². The van der Waals surface area contributed by atoms with E-state index in [1.165, 1.54) is 16.0 Å². The van der Waals surface area contributed by atoms with Gasteiger partial charge in [0.05, 0.1) is 0 Å². The van der Waals surface area contributed by atoms with Gasteiger partial charge in [-0.05, 0) is 48.6 Å². The number of hydrogen-bond acceptors (Lipinski definition) is 4. The fourth-order valence-electron chi connectivity index (χ4n) is 5.96. The Balaban J connectivity index is 1.39. The maximum Gasteiger partial charge on any atom is 0.410 e. The Hall–Kier alpha value is -2.86. The third kappa shape index (κ3) is 3.04. The number of piperidine rings is 1. The second kappa shape index (κ2) is 7.68. The van der Waals surface area contributed by atoms with Gasteiger partial charge >= 0.3 is 12.1 Å². The van der Waals surface area contributed by atoms with Crippen molar-refractivity contribution in [1.82, 2.24) is 9.80 Å². The standard InChI is InChI=1S/C25H28N2O4/c1-2-27(25(23(28)29)12-14-26-13-11-17(25)15-26)24(30)31-16-22-20-9-5-3-7-18(20)19-8-4-6-10-21(19)22/h3-10,17,22H,2,11-16H2,1H3,(H,28,29). The average molecular weight is 421 g/mol. The van der Waals surface area contributed by atoms with Gasteiger partial charge in [-0.15, -0.1) is 0 Å². The number of benzene rings is 2. The zero-order valence-corrected chi connectivity index (χ0v) is 17.8. The molecule has 2 fully saturated rings. The number of rotatable bonds is 5. The van der Waals surface area contributed by atoms with Crippen LogP contribution in [-0.4, -0.2) is 65.3 Å². The Labute approximate surface area is 182 Å². The Kier molecular flexibility index (Phi) is 4.97. The van der Waals surface area contributed by atoms with Gasteiger partial charge in [0.15, 0.2) is 0 Å². The van der Waals surface area contributed by atoms with E-state index in [2.05, 4.69) is 29.2 Å². The van der Waals surface area contributed by atoms with Crippen LogP contribution in [0.5, 0.6) is 0 Å². The van der Waals surface area contributed by atoms with E-state index in [1.807, 2.05) is 31.2 Å². The van der Waals surface area contributed by atoms with Crippen LogP contribution in [0.2, 0.25) is 0 Å². The first-order chi connectivity index (χ1) is 15.1. The molecule has 0 saturated carbocycles. The number of carboxylic acid groups (broad SMARTS) is 1. The lowest BCUT2D eigenvalue weighted by molar-refractivity contribution is -0.157. The van der Waals surface area contributed by atoms with Crippen molar-refractivity contribution in [1.29, 1.82) is 0 Å². The minimum Gasteiger partial charge on any atom is -0.479 e. The molecule has 6 heteroatoms. The second-order valence-corrected chi connectivity index (χ2v) is 8.81. The molecule has 2 aromatic carbocycles. The topological polar surface area (TPSA) is 70.1 Å². The van der Waals surface area contributed by atoms with Gasteiger partial charge in [-0.3, -0.25) is 4.90 Å². The normalized spacial score (nSPS) is 26.2. The summed E-state index contributed by atoms with van der Waals surface area (Å²) in [5.41, 5.74) is 3.47. The van der Waals surface area contributed by atoms with Crippen LogP contribution in [0, 0.1) is 5.92 Å². The minimum atomic E-state index is -1.18. The van der Waals surface area contributed by atoms with Crippen molar-refractivity contribution in [3.05, 3.63) is 59.7 Å². The molecule has 0 aromatic heterocycles. The van der Waals surface area contributed by atoms with Crippen LogP contribution >= 0.6 is 0 Å². The highest BCUT2D eigenvalue weighted by Gasteiger charge is 2.56. The van der Waals surface area contributed by atoms with E-state index in [4.69, 9.17) is 4.74 Å². The largest absolute Gasteiger partial charge is 0.479 e. The quantitative estimate of drug-likeness (QED) is 0.797. The SMILES string of the molecule is CCN(C(=O)OCC1c2ccccc2-c2ccccc21)C1(C(=O)O)CCN2CCC1C2. The number of carboxylic acids is 1. The van der Waals surface area contributed by atoms with Gasteiger partial charge in [-0.2, -0.15) is 0 Å². The summed E-state index contributed by atoms with van der Waals surface area (Å²) in [6.07, 6.45) is 0.733. The molecular weight excluding hydrogens is 392 g/mol. The molecule has 3 atom stereocenters. The van der Waals surface area contributed by atoms with Crippen molar-refractivity contribution >= 4 is 12.1 Å². The molecule has 3 unspecified atom stereocenters. The van der Waals surface area contributed by atoms with Gasteiger partial charge in [-0.25, -0.2) is 9.59 Å². The van der Waals surface area contributed by atoms with Crippen molar-refractivity contribution in [2.24, 2.45) is 5.92 Å². The molecule has 1 N–H and O–H groups in total. The van der Waals surface area contributed by atoms with Crippen LogP contribution < -0.4 is 0 Å². The molecule has 3 aliphatic rings. The number of carbonyl (C=O) groups is 2. The van der Waals surface area contributed by atoms with E-state index in [-0.39, 0.29) is 18.4 Å². The number of carbonyl (C=O) groups excluding carboxylic acids is 1. The molecular formula is C25H28N2O4. The fourth-order valence-corrected chi connectivity index (χ4v) is 5.96. The lowest BCUT2D eigenvalue weighted by atomic mass is 9.77. The highest BCUT2D eigenvalue weighted by Crippen LogP contribution is 2.45. The summed E-state index contributed by atoms with van der Waals surface area (Å²) in [5.74, 6) is -1.00. The van der Waals surface area contributed by atoms with Gasteiger partial charge in [-0.1, -0.05) is 48.5 Å². The van der Waals surface area contributed by atoms with Crippen LogP contribution in [0.1, 0.15) is 36.8 Å². The maximum atomic E-state index is 13.3. The summed E-state index contributed by atoms with van der Waals surface area (Å²) in [4.78, 5) is 29.5. The third-order valence-electron chi connectivity index (χ3n) is 7.48. The second-order valence-electron chi connectivity index (χ2n) is 8.81. The summed E-state index contributed by atoms with van der Waals surface area (Å²) in [7, 11) is 0. The summed E-state index contributed by atoms with van der Waals surface area (Å²) in [6, 6.07) is 16.4. The molecule has 162 valence electrons. The number of nitrogens with zero attached hydrogens (tertiary/aromatic N) is 2. The molecule has 1 aliphatic carbocycles. The molecule has 2 saturated heterocycles. The number of fused-ring (bicyclic) bond motifs is 5. The Morgan fingerprint density at radius 1 is 1.10 bits per heavy atom. The first-order valence-corrected chi connectivity index (χ1v) is 11.1. The van der Waals surface area contributed by atoms with Crippen molar-refractivity contribution < 1.29 is 19.4 Å². The van der Waals surface area contributed by atoms with Gasteiger partial charge < -0.3 is 14.7 Å². The molecule has 0 spiro atoms. The monoisotopic (exact) mass is 420 g/mol. The zero-order valence-electron chi connectivity index (χ0n) is 17.8. The number of hydrogen-bond donors (Lipinski definition) is 1. The van der Waals surface area contributed by atoms with Crippen molar-refractivity contribution in [2.45, 2.75) is 31.2 Å². The predicted molar refractivity (Wildman–Crippen MR) is 117 cm³/mol. The molecule has 1 amide bonds. The Morgan fingerprint density at radius 2 is 1.74 bits per heavy atom. The molecule has 31 heavy (non-hydrogen) atoms. The number of amides is 1. The molecule has 5 rings (SSSR count). The van der Waals surface area contributed by atoms with Crippen LogP contribution in [-0.2, 0) is 9.53 Å². The van der Waals surface area contributed by atoms with Gasteiger partial charge in [0.1, 0.15) is 12.1 Å². The fraction of sp³-hybridized carbons (Fsp3) is 0.440. The number of aliphatic carboxylic acids is 1. The summed E-state index contributed by atoms with van der Waals surface area (Å²) < 4.78 is 5.84. The van der Waals surface area contributed by atoms with Crippen LogP contribution in [0.4, 0.5) is 4.79 Å². The van der Waals surface area contributed by atoms with E-state index in [0.717, 1.165) is 30.6 Å². The zero-order chi connectivity index (χ0) is 21.6. The van der Waals surface area contributed by atoms with Crippen molar-refractivity contribution in [3.8, 4) is 11.1 Å². The van der Waals surface area contributed by atoms with Gasteiger partial charge in [0.25, 0.3) is 0 Å². The Morgan fingerprint density at radius 3 is 2.35 bits per heavy atom. The van der Waals surface area contributed by atoms with E-state index >= 15 is 0 Å². The molecule has 0 radical (unpaired) electrons. The van der Waals surface area contributed by atoms with Gasteiger partial charge in [0, 0.05) is 31.5 Å². The highest BCUT2D eigenvalue weighted by atomic mass is 16.6. The van der Waals surface area contributed by atoms with Crippen molar-refractivity contribution in [3.63, 3.8) is 0 Å². The van der Waals surface area contributed by atoms with Crippen LogP contribution in [0.3, 0.4) is 0 Å². The predicted octanol–water partition coefficient (Wildman–Crippen LogP) is 3.81. The summed E-state index contributed by atoms with van der Waals surface area (Å²) >= 11 is 0. The lowest BCUT2D eigenvalue weighted by Crippen LogP contribution is -2.64. The first kappa shape index (κ1) is 20.1. The first-order valence-electron chi connectivity index (χ1n) is 11.1. The molecule has 2 aliphatic heterocycles. The highest BCUT2D eigenvalue weighted by molar-refractivity contribution is 5.85. The van der Waals surface area contributed by atoms with Gasteiger partial charge in [0.2, 0.25) is 0 Å². The van der Waals surface area contributed by atoms with E-state index in [0.29, 0.717) is 19.5 Å². The summed E-state index contributed by atoms with van der Waals surface area (Å²) in [5, 5.41) is 10.2. The van der Waals surface area contributed by atoms with Crippen LogP contribution in [0.15, 0.2) is 48.5 Å². The van der Waals surface area contributed by atoms with E-state index < -0.39 is 17.6 Å².